The van der Waals surface area contributed by atoms with Crippen molar-refractivity contribution in [2.24, 2.45) is 0 Å². The van der Waals surface area contributed by atoms with Crippen molar-refractivity contribution >= 4 is 0 Å². The summed E-state index contributed by atoms with van der Waals surface area (Å²) in [5.41, 5.74) is 0. The highest BCUT2D eigenvalue weighted by molar-refractivity contribution is 4.94. The van der Waals surface area contributed by atoms with Gasteiger partial charge in [-0.05, 0) is 26.2 Å². The van der Waals surface area contributed by atoms with Crippen molar-refractivity contribution in [1.29, 1.82) is 0 Å². The molecule has 2 rings (SSSR count). The molecule has 0 bridgehead atoms. The average Bonchev–Trinajstić information content (AvgIpc) is 2.21. The van der Waals surface area contributed by atoms with Crippen molar-refractivity contribution in [3.63, 3.8) is 0 Å². The molecule has 0 aliphatic carbocycles. The molecule has 0 aromatic carbocycles. The van der Waals surface area contributed by atoms with E-state index in [-0.39, 0.29) is 24.6 Å². The van der Waals surface area contributed by atoms with Crippen LogP contribution in [0.4, 0.5) is 0 Å². The molecule has 1 saturated heterocycles. The monoisotopic (exact) mass is 212 g/mol. The van der Waals surface area contributed by atoms with Gasteiger partial charge in [0.25, 0.3) is 0 Å². The second-order valence-electron chi connectivity index (χ2n) is 4.20. The van der Waals surface area contributed by atoms with Crippen LogP contribution in [0.2, 0.25) is 0 Å². The Labute approximate surface area is 91.4 Å². The Morgan fingerprint density at radius 2 is 2.13 bits per heavy atom. The van der Waals surface area contributed by atoms with Crippen LogP contribution >= 0.6 is 0 Å². The lowest BCUT2D eigenvalue weighted by molar-refractivity contribution is -0.260. The highest BCUT2D eigenvalue weighted by Gasteiger charge is 2.32. The molecule has 0 aromatic heterocycles. The van der Waals surface area contributed by atoms with E-state index in [1.807, 2.05) is 6.92 Å². The van der Waals surface area contributed by atoms with E-state index >= 15 is 0 Å². The van der Waals surface area contributed by atoms with Crippen molar-refractivity contribution in [2.45, 2.75) is 57.7 Å². The highest BCUT2D eigenvalue weighted by atomic mass is 16.7. The summed E-state index contributed by atoms with van der Waals surface area (Å²) in [5.74, 6) is 0. The molecular weight excluding hydrogens is 192 g/mol. The van der Waals surface area contributed by atoms with E-state index in [1.165, 1.54) is 0 Å². The minimum absolute atomic E-state index is 0.0849. The Morgan fingerprint density at radius 3 is 2.93 bits per heavy atom. The fourth-order valence-corrected chi connectivity index (χ4v) is 2.10. The summed E-state index contributed by atoms with van der Waals surface area (Å²) >= 11 is 0. The van der Waals surface area contributed by atoms with E-state index in [4.69, 9.17) is 14.2 Å². The average molecular weight is 212 g/mol. The van der Waals surface area contributed by atoms with Gasteiger partial charge in [0.15, 0.2) is 6.29 Å². The molecule has 3 nitrogen and oxygen atoms in total. The molecule has 0 unspecified atom stereocenters. The predicted octanol–water partition coefficient (Wildman–Crippen LogP) is 2.26. The highest BCUT2D eigenvalue weighted by Crippen LogP contribution is 2.23. The van der Waals surface area contributed by atoms with Crippen molar-refractivity contribution in [3.8, 4) is 0 Å². The van der Waals surface area contributed by atoms with E-state index in [9.17, 15) is 0 Å². The molecule has 4 atom stereocenters. The van der Waals surface area contributed by atoms with Gasteiger partial charge < -0.3 is 14.2 Å². The van der Waals surface area contributed by atoms with E-state index in [0.29, 0.717) is 6.61 Å². The fraction of sp³-hybridized carbons (Fsp3) is 0.833. The normalized spacial score (nSPS) is 43.9. The topological polar surface area (TPSA) is 27.7 Å². The molecule has 2 aliphatic heterocycles. The number of rotatable bonds is 1. The van der Waals surface area contributed by atoms with Crippen LogP contribution in [-0.4, -0.2) is 31.2 Å². The summed E-state index contributed by atoms with van der Waals surface area (Å²) < 4.78 is 17.2. The minimum Gasteiger partial charge on any atom is -0.366 e. The second kappa shape index (κ2) is 5.10. The third-order valence-corrected chi connectivity index (χ3v) is 3.00. The van der Waals surface area contributed by atoms with Crippen LogP contribution in [0.25, 0.3) is 0 Å². The number of fused-ring (bicyclic) bond motifs is 1. The van der Waals surface area contributed by atoms with Crippen molar-refractivity contribution < 1.29 is 14.2 Å². The summed E-state index contributed by atoms with van der Waals surface area (Å²) in [7, 11) is 0. The van der Waals surface area contributed by atoms with Crippen LogP contribution in [0.5, 0.6) is 0 Å². The molecule has 2 heterocycles. The number of ether oxygens (including phenoxy) is 3. The third kappa shape index (κ3) is 2.80. The molecular formula is C12H20O3. The first-order valence-corrected chi connectivity index (χ1v) is 5.88. The van der Waals surface area contributed by atoms with Gasteiger partial charge in [-0.25, -0.2) is 0 Å². The first-order chi connectivity index (χ1) is 7.29. The molecule has 0 N–H and O–H groups in total. The molecule has 15 heavy (non-hydrogen) atoms. The van der Waals surface area contributed by atoms with Gasteiger partial charge in [0.1, 0.15) is 6.10 Å². The molecule has 1 fully saturated rings. The van der Waals surface area contributed by atoms with Crippen LogP contribution in [0, 0.1) is 0 Å². The molecule has 2 aliphatic rings. The molecule has 0 radical (unpaired) electrons. The molecule has 86 valence electrons. The first-order valence-electron chi connectivity index (χ1n) is 5.88. The Hall–Kier alpha value is -0.380. The van der Waals surface area contributed by atoms with Crippen LogP contribution in [0.15, 0.2) is 12.2 Å². The Balaban J connectivity index is 2.01. The van der Waals surface area contributed by atoms with Crippen LogP contribution in [-0.2, 0) is 14.2 Å². The van der Waals surface area contributed by atoms with Gasteiger partial charge in [0, 0.05) is 0 Å². The zero-order valence-corrected chi connectivity index (χ0v) is 9.52. The van der Waals surface area contributed by atoms with Crippen LogP contribution < -0.4 is 0 Å². The fourth-order valence-electron chi connectivity index (χ4n) is 2.10. The SMILES string of the molecule is CC[C@@H]1/C=C\CC[C@@H]2O[C@H](C)OC[C@H]2O1. The lowest BCUT2D eigenvalue weighted by Crippen LogP contribution is -2.46. The van der Waals surface area contributed by atoms with Gasteiger partial charge in [-0.15, -0.1) is 0 Å². The maximum atomic E-state index is 5.96. The molecule has 0 amide bonds. The summed E-state index contributed by atoms with van der Waals surface area (Å²) in [5, 5.41) is 0. The van der Waals surface area contributed by atoms with Gasteiger partial charge >= 0.3 is 0 Å². The van der Waals surface area contributed by atoms with Gasteiger partial charge in [0.2, 0.25) is 0 Å². The molecule has 0 aromatic rings. The smallest absolute Gasteiger partial charge is 0.155 e. The van der Waals surface area contributed by atoms with E-state index < -0.39 is 0 Å². The van der Waals surface area contributed by atoms with E-state index in [2.05, 4.69) is 19.1 Å². The Morgan fingerprint density at radius 1 is 1.27 bits per heavy atom. The van der Waals surface area contributed by atoms with Crippen molar-refractivity contribution in [3.05, 3.63) is 12.2 Å². The van der Waals surface area contributed by atoms with Gasteiger partial charge in [-0.3, -0.25) is 0 Å². The first kappa shape index (κ1) is 11.1. The minimum atomic E-state index is -0.0849. The number of allylic oxidation sites excluding steroid dienone is 1. The second-order valence-corrected chi connectivity index (χ2v) is 4.20. The lowest BCUT2D eigenvalue weighted by Gasteiger charge is -2.37. The number of hydrogen-bond donors (Lipinski definition) is 0. The molecule has 3 heteroatoms. The summed E-state index contributed by atoms with van der Waals surface area (Å²) in [6, 6.07) is 0. The number of hydrogen-bond acceptors (Lipinski definition) is 3. The van der Waals surface area contributed by atoms with E-state index in [0.717, 1.165) is 19.3 Å². The maximum Gasteiger partial charge on any atom is 0.155 e. The van der Waals surface area contributed by atoms with Crippen molar-refractivity contribution in [2.75, 3.05) is 6.61 Å². The zero-order valence-electron chi connectivity index (χ0n) is 9.52. The lowest BCUT2D eigenvalue weighted by atomic mass is 10.0. The largest absolute Gasteiger partial charge is 0.366 e. The van der Waals surface area contributed by atoms with Gasteiger partial charge in [-0.2, -0.15) is 0 Å². The van der Waals surface area contributed by atoms with Crippen molar-refractivity contribution in [1.82, 2.24) is 0 Å². The van der Waals surface area contributed by atoms with E-state index in [1.54, 1.807) is 0 Å². The Kier molecular flexibility index (Phi) is 3.78. The third-order valence-electron chi connectivity index (χ3n) is 3.00. The summed E-state index contributed by atoms with van der Waals surface area (Å²) in [6.45, 7) is 4.75. The summed E-state index contributed by atoms with van der Waals surface area (Å²) in [4.78, 5) is 0. The maximum absolute atomic E-state index is 5.96. The Bertz CT molecular complexity index is 227. The summed E-state index contributed by atoms with van der Waals surface area (Å²) in [6.07, 6.45) is 7.93. The van der Waals surface area contributed by atoms with Crippen LogP contribution in [0.1, 0.15) is 33.1 Å². The van der Waals surface area contributed by atoms with Gasteiger partial charge in [0.05, 0.1) is 18.8 Å². The standard InChI is InChI=1S/C12H20O3/c1-3-10-6-4-5-7-11-12(15-10)8-13-9(2)14-11/h4,6,9-12H,3,5,7-8H2,1-2H3/b6-4-/t9-,10-,11+,12-/m1/s1. The molecule has 0 spiro atoms. The molecule has 0 saturated carbocycles. The van der Waals surface area contributed by atoms with Gasteiger partial charge in [-0.1, -0.05) is 19.1 Å². The van der Waals surface area contributed by atoms with Crippen LogP contribution in [0.3, 0.4) is 0 Å². The predicted molar refractivity (Wildman–Crippen MR) is 57.6 cm³/mol. The zero-order chi connectivity index (χ0) is 10.7. The quantitative estimate of drug-likeness (QED) is 0.624.